The predicted molar refractivity (Wildman–Crippen MR) is 124 cm³/mol. The van der Waals surface area contributed by atoms with Gasteiger partial charge in [-0.1, -0.05) is 27.5 Å². The number of methoxy groups -OCH3 is 1. The molecule has 0 aliphatic carbocycles. The Kier molecular flexibility index (Phi) is 12.1. The summed E-state index contributed by atoms with van der Waals surface area (Å²) in [6, 6.07) is 6.35. The zero-order valence-corrected chi connectivity index (χ0v) is 20.1. The summed E-state index contributed by atoms with van der Waals surface area (Å²) in [6.07, 6.45) is 3.14. The lowest BCUT2D eigenvalue weighted by Gasteiger charge is -2.32. The topological polar surface area (TPSA) is 48.9 Å². The smallest absolute Gasteiger partial charge is 0.191 e. The van der Waals surface area contributed by atoms with Crippen LogP contribution in [-0.2, 0) is 11.2 Å². The average Bonchev–Trinajstić information content (AvgIpc) is 2.63. The highest BCUT2D eigenvalue weighted by molar-refractivity contribution is 14.0. The summed E-state index contributed by atoms with van der Waals surface area (Å²) < 4.78 is 6.24. The number of nitrogens with zero attached hydrogens (tertiary/aromatic N) is 2. The molecular weight excluding hydrogens is 530 g/mol. The summed E-state index contributed by atoms with van der Waals surface area (Å²) in [5, 5.41) is 7.70. The van der Waals surface area contributed by atoms with Crippen molar-refractivity contribution in [3.8, 4) is 0 Å². The lowest BCUT2D eigenvalue weighted by molar-refractivity contribution is 0.128. The maximum absolute atomic E-state index is 6.07. The molecule has 0 bridgehead atoms. The van der Waals surface area contributed by atoms with E-state index in [1.807, 2.05) is 25.2 Å². The molecule has 2 N–H and O–H groups in total. The van der Waals surface area contributed by atoms with E-state index in [4.69, 9.17) is 16.3 Å². The highest BCUT2D eigenvalue weighted by Gasteiger charge is 2.19. The SMILES string of the molecule is CN=C(NCCc1cc(Cl)ccc1Br)NC1CCN(CCOC)CC1.I. The molecule has 5 nitrogen and oxygen atoms in total. The summed E-state index contributed by atoms with van der Waals surface area (Å²) in [5.74, 6) is 0.869. The summed E-state index contributed by atoms with van der Waals surface area (Å²) in [7, 11) is 3.57. The van der Waals surface area contributed by atoms with E-state index in [2.05, 4.69) is 36.5 Å². The number of benzene rings is 1. The molecular formula is C18H29BrClIN4O. The van der Waals surface area contributed by atoms with Crippen LogP contribution in [0.2, 0.25) is 5.02 Å². The highest BCUT2D eigenvalue weighted by atomic mass is 127. The van der Waals surface area contributed by atoms with Crippen LogP contribution in [0.15, 0.2) is 27.7 Å². The van der Waals surface area contributed by atoms with Gasteiger partial charge in [-0.15, -0.1) is 24.0 Å². The number of hydrogen-bond donors (Lipinski definition) is 2. The minimum absolute atomic E-state index is 0. The van der Waals surface area contributed by atoms with Crippen molar-refractivity contribution in [3.63, 3.8) is 0 Å². The third-order valence-corrected chi connectivity index (χ3v) is 5.47. The fourth-order valence-electron chi connectivity index (χ4n) is 2.96. The van der Waals surface area contributed by atoms with Gasteiger partial charge in [0.1, 0.15) is 0 Å². The molecule has 1 fully saturated rings. The van der Waals surface area contributed by atoms with Crippen molar-refractivity contribution in [2.75, 3.05) is 46.9 Å². The van der Waals surface area contributed by atoms with Crippen molar-refractivity contribution in [1.29, 1.82) is 0 Å². The van der Waals surface area contributed by atoms with Crippen molar-refractivity contribution >= 4 is 57.5 Å². The number of aliphatic imine (C=N–C) groups is 1. The van der Waals surface area contributed by atoms with Crippen LogP contribution in [0.3, 0.4) is 0 Å². The Balaban J connectivity index is 0.00000338. The van der Waals surface area contributed by atoms with Gasteiger partial charge in [-0.25, -0.2) is 0 Å². The summed E-state index contributed by atoms with van der Waals surface area (Å²) >= 11 is 9.64. The van der Waals surface area contributed by atoms with Gasteiger partial charge in [0.2, 0.25) is 0 Å². The van der Waals surface area contributed by atoms with Crippen molar-refractivity contribution in [2.45, 2.75) is 25.3 Å². The van der Waals surface area contributed by atoms with E-state index in [1.54, 1.807) is 7.11 Å². The molecule has 0 radical (unpaired) electrons. The Bertz CT molecular complexity index is 568. The second kappa shape index (κ2) is 13.1. The first-order valence-corrected chi connectivity index (χ1v) is 9.92. The summed E-state index contributed by atoms with van der Waals surface area (Å²) in [6.45, 7) is 4.84. The Morgan fingerprint density at radius 3 is 2.77 bits per heavy atom. The molecule has 1 aromatic rings. The molecule has 8 heteroatoms. The fourth-order valence-corrected chi connectivity index (χ4v) is 3.60. The van der Waals surface area contributed by atoms with Crippen LogP contribution in [0.1, 0.15) is 18.4 Å². The van der Waals surface area contributed by atoms with E-state index in [-0.39, 0.29) is 24.0 Å². The van der Waals surface area contributed by atoms with Crippen LogP contribution in [-0.4, -0.2) is 63.8 Å². The zero-order chi connectivity index (χ0) is 18.1. The molecule has 0 saturated carbocycles. The maximum atomic E-state index is 6.07. The lowest BCUT2D eigenvalue weighted by Crippen LogP contribution is -2.49. The predicted octanol–water partition coefficient (Wildman–Crippen LogP) is 3.54. The van der Waals surface area contributed by atoms with E-state index >= 15 is 0 Å². The second-order valence-corrected chi connectivity index (χ2v) is 7.53. The number of hydrogen-bond acceptors (Lipinski definition) is 3. The van der Waals surface area contributed by atoms with E-state index in [0.29, 0.717) is 6.04 Å². The maximum Gasteiger partial charge on any atom is 0.191 e. The summed E-state index contributed by atoms with van der Waals surface area (Å²) in [5.41, 5.74) is 1.20. The molecule has 0 amide bonds. The number of guanidine groups is 1. The van der Waals surface area contributed by atoms with E-state index in [9.17, 15) is 0 Å². The van der Waals surface area contributed by atoms with Crippen LogP contribution in [0.5, 0.6) is 0 Å². The third kappa shape index (κ3) is 8.29. The average molecular weight is 560 g/mol. The molecule has 0 atom stereocenters. The second-order valence-electron chi connectivity index (χ2n) is 6.24. The number of likely N-dealkylation sites (tertiary alicyclic amines) is 1. The Hall–Kier alpha value is -0.0900. The van der Waals surface area contributed by atoms with Gasteiger partial charge in [-0.3, -0.25) is 4.99 Å². The minimum atomic E-state index is 0. The van der Waals surface area contributed by atoms with Gasteiger partial charge >= 0.3 is 0 Å². The van der Waals surface area contributed by atoms with Gasteiger partial charge < -0.3 is 20.3 Å². The van der Waals surface area contributed by atoms with E-state index < -0.39 is 0 Å². The standard InChI is InChI=1S/C18H28BrClN4O.HI/c1-21-18(22-8-5-14-13-15(20)3-4-17(14)19)23-16-6-9-24(10-7-16)11-12-25-2;/h3-4,13,16H,5-12H2,1-2H3,(H2,21,22,23);1H. The highest BCUT2D eigenvalue weighted by Crippen LogP contribution is 2.21. The number of nitrogens with one attached hydrogen (secondary N) is 2. The third-order valence-electron chi connectivity index (χ3n) is 4.46. The van der Waals surface area contributed by atoms with Crippen molar-refractivity contribution in [1.82, 2.24) is 15.5 Å². The normalized spacial score (nSPS) is 16.2. The molecule has 0 unspecified atom stereocenters. The largest absolute Gasteiger partial charge is 0.383 e. The number of piperidine rings is 1. The zero-order valence-electron chi connectivity index (χ0n) is 15.4. The molecule has 148 valence electrons. The Labute approximate surface area is 187 Å². The molecule has 1 aromatic carbocycles. The molecule has 0 aromatic heterocycles. The molecule has 1 aliphatic rings. The molecule has 1 aliphatic heterocycles. The molecule has 2 rings (SSSR count). The first-order valence-electron chi connectivity index (χ1n) is 8.74. The van der Waals surface area contributed by atoms with Gasteiger partial charge in [-0.2, -0.15) is 0 Å². The van der Waals surface area contributed by atoms with Crippen LogP contribution < -0.4 is 10.6 Å². The minimum Gasteiger partial charge on any atom is -0.383 e. The molecule has 26 heavy (non-hydrogen) atoms. The van der Waals surface area contributed by atoms with Gasteiger partial charge in [0.25, 0.3) is 0 Å². The van der Waals surface area contributed by atoms with Crippen LogP contribution >= 0.6 is 51.5 Å². The Morgan fingerprint density at radius 2 is 2.12 bits per heavy atom. The summed E-state index contributed by atoms with van der Waals surface area (Å²) in [4.78, 5) is 6.80. The first-order chi connectivity index (χ1) is 12.1. The van der Waals surface area contributed by atoms with E-state index in [1.165, 1.54) is 5.56 Å². The first kappa shape index (κ1) is 23.9. The van der Waals surface area contributed by atoms with Gasteiger partial charge in [0.05, 0.1) is 6.61 Å². The van der Waals surface area contributed by atoms with Crippen LogP contribution in [0.4, 0.5) is 0 Å². The van der Waals surface area contributed by atoms with Gasteiger partial charge in [0, 0.05) is 55.9 Å². The van der Waals surface area contributed by atoms with Crippen molar-refractivity contribution < 1.29 is 4.74 Å². The van der Waals surface area contributed by atoms with Gasteiger partial charge in [-0.05, 0) is 43.0 Å². The van der Waals surface area contributed by atoms with E-state index in [0.717, 1.165) is 67.5 Å². The Morgan fingerprint density at radius 1 is 1.38 bits per heavy atom. The van der Waals surface area contributed by atoms with Crippen LogP contribution in [0, 0.1) is 0 Å². The monoisotopic (exact) mass is 558 g/mol. The van der Waals surface area contributed by atoms with Crippen LogP contribution in [0.25, 0.3) is 0 Å². The van der Waals surface area contributed by atoms with Gasteiger partial charge in [0.15, 0.2) is 5.96 Å². The quantitative estimate of drug-likeness (QED) is 0.305. The number of halogens is 3. The van der Waals surface area contributed by atoms with Crippen molar-refractivity contribution in [3.05, 3.63) is 33.3 Å². The number of rotatable bonds is 7. The molecule has 1 saturated heterocycles. The lowest BCUT2D eigenvalue weighted by atomic mass is 10.1. The molecule has 0 spiro atoms. The number of ether oxygens (including phenoxy) is 1. The van der Waals surface area contributed by atoms with Crippen molar-refractivity contribution in [2.24, 2.45) is 4.99 Å². The fraction of sp³-hybridized carbons (Fsp3) is 0.611. The molecule has 1 heterocycles.